The maximum Gasteiger partial charge on any atom is 0.219 e. The van der Waals surface area contributed by atoms with E-state index in [1.54, 1.807) is 13.8 Å². The second-order valence-corrected chi connectivity index (χ2v) is 4.51. The third-order valence-corrected chi connectivity index (χ3v) is 2.91. The zero-order valence-corrected chi connectivity index (χ0v) is 10.5. The topological polar surface area (TPSA) is 120 Å². The summed E-state index contributed by atoms with van der Waals surface area (Å²) >= 11 is 0. The third kappa shape index (κ3) is 5.74. The van der Waals surface area contributed by atoms with Crippen LogP contribution in [0.3, 0.4) is 0 Å². The Morgan fingerprint density at radius 3 is 1.94 bits per heavy atom. The van der Waals surface area contributed by atoms with Crippen LogP contribution < -0.4 is 5.73 Å². The lowest BCUT2D eigenvalue weighted by Crippen LogP contribution is -2.39. The Hall–Kier alpha value is -1.01. The predicted molar refractivity (Wildman–Crippen MR) is 63.5 cm³/mol. The Balaban J connectivity index is 4.85. The monoisotopic (exact) mass is 245 g/mol. The molecule has 0 radical (unpaired) electrons. The van der Waals surface area contributed by atoms with E-state index >= 15 is 0 Å². The standard InChI is InChI=1S/C11H23N3O3/c1-3-8(15)5-11(14-13,7-10(12)17)6-9(16)4-2/h8-9,13,15-16H,3-7H2,1-2H3,(H2,12,17). The first kappa shape index (κ1) is 16.0. The lowest BCUT2D eigenvalue weighted by Gasteiger charge is -2.30. The minimum Gasteiger partial charge on any atom is -0.393 e. The predicted octanol–water partition coefficient (Wildman–Crippen LogP) is 0.954. The molecule has 2 atom stereocenters. The number of aliphatic hydroxyl groups excluding tert-OH is 2. The first-order chi connectivity index (χ1) is 7.89. The number of carbonyl (C=O) groups is 1. The van der Waals surface area contributed by atoms with Gasteiger partial charge in [0.15, 0.2) is 0 Å². The molecule has 6 heteroatoms. The molecule has 0 aromatic heterocycles. The van der Waals surface area contributed by atoms with Crippen LogP contribution in [0.2, 0.25) is 0 Å². The van der Waals surface area contributed by atoms with E-state index < -0.39 is 23.7 Å². The Morgan fingerprint density at radius 1 is 1.29 bits per heavy atom. The summed E-state index contributed by atoms with van der Waals surface area (Å²) in [6.45, 7) is 3.61. The summed E-state index contributed by atoms with van der Waals surface area (Å²) in [6, 6.07) is 0. The quantitative estimate of drug-likeness (QED) is 0.453. The molecule has 6 nitrogen and oxygen atoms in total. The Kier molecular flexibility index (Phi) is 6.91. The summed E-state index contributed by atoms with van der Waals surface area (Å²) in [7, 11) is 0. The van der Waals surface area contributed by atoms with Gasteiger partial charge >= 0.3 is 0 Å². The fraction of sp³-hybridized carbons (Fsp3) is 0.909. The molecule has 0 bridgehead atoms. The van der Waals surface area contributed by atoms with Crippen molar-refractivity contribution >= 4 is 5.91 Å². The Labute approximate surface area is 102 Å². The number of rotatable bonds is 9. The van der Waals surface area contributed by atoms with E-state index in [4.69, 9.17) is 11.3 Å². The van der Waals surface area contributed by atoms with Gasteiger partial charge in [0.1, 0.15) is 0 Å². The lowest BCUT2D eigenvalue weighted by atomic mass is 9.82. The molecule has 2 unspecified atom stereocenters. The molecule has 0 saturated carbocycles. The second-order valence-electron chi connectivity index (χ2n) is 4.51. The molecule has 100 valence electrons. The molecule has 0 aromatic rings. The van der Waals surface area contributed by atoms with Gasteiger partial charge in [-0.25, -0.2) is 5.53 Å². The Morgan fingerprint density at radius 2 is 1.71 bits per heavy atom. The highest BCUT2D eigenvalue weighted by molar-refractivity contribution is 5.75. The third-order valence-electron chi connectivity index (χ3n) is 2.91. The van der Waals surface area contributed by atoms with E-state index in [2.05, 4.69) is 5.11 Å². The van der Waals surface area contributed by atoms with Crippen LogP contribution in [0, 0.1) is 5.53 Å². The van der Waals surface area contributed by atoms with E-state index in [1.807, 2.05) is 0 Å². The van der Waals surface area contributed by atoms with Gasteiger partial charge in [-0.3, -0.25) is 4.79 Å². The fourth-order valence-electron chi connectivity index (χ4n) is 1.85. The molecule has 0 aromatic carbocycles. The molecule has 0 saturated heterocycles. The number of nitrogens with one attached hydrogen (secondary N) is 1. The van der Waals surface area contributed by atoms with Crippen molar-refractivity contribution in [2.45, 2.75) is 63.7 Å². The number of nitrogens with zero attached hydrogens (tertiary/aromatic N) is 1. The van der Waals surface area contributed by atoms with Crippen molar-refractivity contribution in [3.05, 3.63) is 0 Å². The number of amides is 1. The van der Waals surface area contributed by atoms with Crippen molar-refractivity contribution in [1.29, 1.82) is 5.53 Å². The van der Waals surface area contributed by atoms with Crippen molar-refractivity contribution in [3.8, 4) is 0 Å². The Bertz CT molecular complexity index is 246. The van der Waals surface area contributed by atoms with Gasteiger partial charge in [0.2, 0.25) is 5.91 Å². The SMILES string of the molecule is CCC(O)CC(CC(N)=O)(CC(O)CC)N=N. The van der Waals surface area contributed by atoms with Gasteiger partial charge in [0.05, 0.1) is 24.2 Å². The first-order valence-electron chi connectivity index (χ1n) is 5.92. The van der Waals surface area contributed by atoms with Gasteiger partial charge in [0, 0.05) is 12.8 Å². The van der Waals surface area contributed by atoms with Crippen LogP contribution in [-0.4, -0.2) is 33.9 Å². The summed E-state index contributed by atoms with van der Waals surface area (Å²) in [5.41, 5.74) is 11.3. The van der Waals surface area contributed by atoms with Crippen molar-refractivity contribution < 1.29 is 15.0 Å². The number of hydrogen-bond donors (Lipinski definition) is 4. The first-order valence-corrected chi connectivity index (χ1v) is 5.92. The highest BCUT2D eigenvalue weighted by Crippen LogP contribution is 2.29. The number of aliphatic hydroxyl groups is 2. The summed E-state index contributed by atoms with van der Waals surface area (Å²) in [5, 5.41) is 22.8. The highest BCUT2D eigenvalue weighted by Gasteiger charge is 2.35. The number of nitrogens with two attached hydrogens (primary N) is 1. The molecule has 1 amide bonds. The molecule has 5 N–H and O–H groups in total. The zero-order valence-electron chi connectivity index (χ0n) is 10.5. The van der Waals surface area contributed by atoms with Crippen molar-refractivity contribution in [2.75, 3.05) is 0 Å². The summed E-state index contributed by atoms with van der Waals surface area (Å²) < 4.78 is 0. The van der Waals surface area contributed by atoms with Crippen molar-refractivity contribution in [3.63, 3.8) is 0 Å². The van der Waals surface area contributed by atoms with E-state index in [-0.39, 0.29) is 19.3 Å². The van der Waals surface area contributed by atoms with Gasteiger partial charge in [-0.05, 0) is 12.8 Å². The minimum absolute atomic E-state index is 0.120. The van der Waals surface area contributed by atoms with Crippen molar-refractivity contribution in [1.82, 2.24) is 0 Å². The average Bonchev–Trinajstić information content (AvgIpc) is 2.27. The normalized spacial score (nSPS) is 18.1. The molecule has 0 aliphatic rings. The van der Waals surface area contributed by atoms with E-state index in [9.17, 15) is 15.0 Å². The maximum atomic E-state index is 11.0. The van der Waals surface area contributed by atoms with E-state index in [0.29, 0.717) is 12.8 Å². The summed E-state index contributed by atoms with van der Waals surface area (Å²) in [6.07, 6.45) is -0.0405. The smallest absolute Gasteiger partial charge is 0.219 e. The molecule has 0 aliphatic carbocycles. The van der Waals surface area contributed by atoms with Gasteiger partial charge in [-0.2, -0.15) is 5.11 Å². The van der Waals surface area contributed by atoms with Gasteiger partial charge < -0.3 is 15.9 Å². The largest absolute Gasteiger partial charge is 0.393 e. The van der Waals surface area contributed by atoms with Gasteiger partial charge in [0.25, 0.3) is 0 Å². The molecule has 0 rings (SSSR count). The van der Waals surface area contributed by atoms with Crippen molar-refractivity contribution in [2.24, 2.45) is 10.8 Å². The summed E-state index contributed by atoms with van der Waals surface area (Å²) in [5.74, 6) is -0.576. The van der Waals surface area contributed by atoms with E-state index in [1.165, 1.54) is 0 Å². The van der Waals surface area contributed by atoms with Crippen LogP contribution in [0.1, 0.15) is 46.0 Å². The van der Waals surface area contributed by atoms with Gasteiger partial charge in [-0.15, -0.1) is 0 Å². The molecule has 0 aliphatic heterocycles. The van der Waals surface area contributed by atoms with Crippen LogP contribution in [0.15, 0.2) is 5.11 Å². The van der Waals surface area contributed by atoms with Crippen LogP contribution in [0.25, 0.3) is 0 Å². The zero-order chi connectivity index (χ0) is 13.5. The molecule has 0 spiro atoms. The van der Waals surface area contributed by atoms with Crippen LogP contribution in [0.5, 0.6) is 0 Å². The van der Waals surface area contributed by atoms with E-state index in [0.717, 1.165) is 0 Å². The maximum absolute atomic E-state index is 11.0. The molecule has 17 heavy (non-hydrogen) atoms. The molecular formula is C11H23N3O3. The highest BCUT2D eigenvalue weighted by atomic mass is 16.3. The number of carbonyl (C=O) groups excluding carboxylic acids is 1. The van der Waals surface area contributed by atoms with Gasteiger partial charge in [-0.1, -0.05) is 13.8 Å². The van der Waals surface area contributed by atoms with Crippen LogP contribution in [0.4, 0.5) is 0 Å². The van der Waals surface area contributed by atoms with Crippen LogP contribution >= 0.6 is 0 Å². The molecule has 0 heterocycles. The lowest BCUT2D eigenvalue weighted by molar-refractivity contribution is -0.119. The minimum atomic E-state index is -1.07. The number of primary amides is 1. The average molecular weight is 245 g/mol. The molecular weight excluding hydrogens is 222 g/mol. The number of hydrogen-bond acceptors (Lipinski definition) is 5. The fourth-order valence-corrected chi connectivity index (χ4v) is 1.85. The van der Waals surface area contributed by atoms with Crippen LogP contribution in [-0.2, 0) is 4.79 Å². The second kappa shape index (κ2) is 7.34. The summed E-state index contributed by atoms with van der Waals surface area (Å²) in [4.78, 5) is 11.0. The molecule has 0 fully saturated rings.